The normalized spacial score (nSPS) is 11.3. The van der Waals surface area contributed by atoms with Gasteiger partial charge in [0.05, 0.1) is 28.8 Å². The van der Waals surface area contributed by atoms with Gasteiger partial charge < -0.3 is 4.74 Å². The molecular weight excluding hydrogens is 508 g/mol. The second kappa shape index (κ2) is 11.2. The van der Waals surface area contributed by atoms with Gasteiger partial charge in [-0.25, -0.2) is 13.8 Å². The van der Waals surface area contributed by atoms with E-state index in [2.05, 4.69) is 10.5 Å². The molecule has 3 rings (SSSR count). The first-order chi connectivity index (χ1) is 17.0. The number of aryl methyl sites for hydroxylation is 1. The standard InChI is InChI=1S/C24H23ClN4O6S/c1-16-7-10-19(11-8-16)36(33,34)28(21-6-4-5-20(25)17(21)2)15-24(30)27-26-14-18-9-12-23(35-3)22(13-18)29(31)32/h4-14H,15H2,1-3H3,(H,27,30)/b26-14-. The van der Waals surface area contributed by atoms with E-state index in [1.54, 1.807) is 37.3 Å². The Labute approximate surface area is 213 Å². The molecule has 1 N–H and O–H groups in total. The monoisotopic (exact) mass is 530 g/mol. The number of nitro benzene ring substituents is 1. The minimum Gasteiger partial charge on any atom is -0.490 e. The van der Waals surface area contributed by atoms with E-state index < -0.39 is 27.4 Å². The molecule has 0 unspecified atom stereocenters. The van der Waals surface area contributed by atoms with Gasteiger partial charge in [-0.05, 0) is 55.8 Å². The Bertz CT molecular complexity index is 1430. The molecule has 12 heteroatoms. The zero-order valence-electron chi connectivity index (χ0n) is 19.6. The van der Waals surface area contributed by atoms with E-state index in [9.17, 15) is 23.3 Å². The van der Waals surface area contributed by atoms with Gasteiger partial charge in [0.15, 0.2) is 5.75 Å². The highest BCUT2D eigenvalue weighted by Crippen LogP contribution is 2.31. The molecule has 0 aromatic heterocycles. The lowest BCUT2D eigenvalue weighted by molar-refractivity contribution is -0.385. The van der Waals surface area contributed by atoms with Gasteiger partial charge in [0, 0.05) is 16.7 Å². The minimum absolute atomic E-state index is 0.00863. The molecule has 0 radical (unpaired) electrons. The second-order valence-corrected chi connectivity index (χ2v) is 9.96. The number of hydrazone groups is 1. The van der Waals surface area contributed by atoms with E-state index in [-0.39, 0.29) is 22.0 Å². The van der Waals surface area contributed by atoms with Crippen LogP contribution in [-0.4, -0.2) is 39.1 Å². The van der Waals surface area contributed by atoms with Crippen LogP contribution in [0.1, 0.15) is 16.7 Å². The lowest BCUT2D eigenvalue weighted by Crippen LogP contribution is -2.40. The van der Waals surface area contributed by atoms with Crippen LogP contribution in [-0.2, 0) is 14.8 Å². The Balaban J connectivity index is 1.87. The van der Waals surface area contributed by atoms with Crippen LogP contribution in [0.2, 0.25) is 5.02 Å². The Morgan fingerprint density at radius 3 is 2.50 bits per heavy atom. The molecule has 0 bridgehead atoms. The van der Waals surface area contributed by atoms with E-state index in [4.69, 9.17) is 16.3 Å². The van der Waals surface area contributed by atoms with E-state index in [1.807, 2.05) is 6.92 Å². The van der Waals surface area contributed by atoms with Gasteiger partial charge in [0.2, 0.25) is 0 Å². The summed E-state index contributed by atoms with van der Waals surface area (Å²) in [6.45, 7) is 2.90. The lowest BCUT2D eigenvalue weighted by atomic mass is 10.2. The number of nitrogens with one attached hydrogen (secondary N) is 1. The van der Waals surface area contributed by atoms with Crippen LogP contribution >= 0.6 is 11.6 Å². The number of amides is 1. The van der Waals surface area contributed by atoms with Gasteiger partial charge >= 0.3 is 5.69 Å². The van der Waals surface area contributed by atoms with Crippen LogP contribution in [0.15, 0.2) is 70.7 Å². The average Bonchev–Trinajstić information content (AvgIpc) is 2.84. The van der Waals surface area contributed by atoms with E-state index in [0.717, 1.165) is 9.87 Å². The van der Waals surface area contributed by atoms with Crippen LogP contribution in [0, 0.1) is 24.0 Å². The largest absolute Gasteiger partial charge is 0.490 e. The van der Waals surface area contributed by atoms with Crippen molar-refractivity contribution in [1.29, 1.82) is 0 Å². The number of carbonyl (C=O) groups is 1. The highest BCUT2D eigenvalue weighted by atomic mass is 35.5. The number of sulfonamides is 1. The number of ether oxygens (including phenoxy) is 1. The van der Waals surface area contributed by atoms with Crippen molar-refractivity contribution in [2.24, 2.45) is 5.10 Å². The number of anilines is 1. The average molecular weight is 531 g/mol. The molecule has 0 heterocycles. The number of rotatable bonds is 9. The van der Waals surface area contributed by atoms with Crippen molar-refractivity contribution in [3.8, 4) is 5.75 Å². The van der Waals surface area contributed by atoms with Gasteiger partial charge in [0.25, 0.3) is 15.9 Å². The Morgan fingerprint density at radius 2 is 1.86 bits per heavy atom. The third kappa shape index (κ3) is 5.99. The summed E-state index contributed by atoms with van der Waals surface area (Å²) < 4.78 is 32.9. The number of nitrogens with zero attached hydrogens (tertiary/aromatic N) is 3. The van der Waals surface area contributed by atoms with E-state index in [0.29, 0.717) is 16.1 Å². The molecular formula is C24H23ClN4O6S. The summed E-state index contributed by atoms with van der Waals surface area (Å²) in [6.07, 6.45) is 1.20. The van der Waals surface area contributed by atoms with Crippen LogP contribution in [0.4, 0.5) is 11.4 Å². The zero-order valence-corrected chi connectivity index (χ0v) is 21.2. The molecule has 0 aliphatic carbocycles. The second-order valence-electron chi connectivity index (χ2n) is 7.69. The minimum atomic E-state index is -4.13. The summed E-state index contributed by atoms with van der Waals surface area (Å²) in [5, 5.41) is 15.4. The summed E-state index contributed by atoms with van der Waals surface area (Å²) >= 11 is 6.22. The van der Waals surface area contributed by atoms with Gasteiger partial charge in [-0.1, -0.05) is 35.4 Å². The van der Waals surface area contributed by atoms with E-state index in [1.165, 1.54) is 43.7 Å². The van der Waals surface area contributed by atoms with Crippen molar-refractivity contribution in [2.45, 2.75) is 18.7 Å². The predicted molar refractivity (Wildman–Crippen MR) is 137 cm³/mol. The molecule has 3 aromatic rings. The summed E-state index contributed by atoms with van der Waals surface area (Å²) in [5.41, 5.74) is 3.94. The molecule has 0 aliphatic rings. The quantitative estimate of drug-likeness (QED) is 0.250. The number of benzene rings is 3. The Morgan fingerprint density at radius 1 is 1.17 bits per heavy atom. The van der Waals surface area contributed by atoms with Gasteiger partial charge in [-0.15, -0.1) is 0 Å². The zero-order chi connectivity index (χ0) is 26.5. The molecule has 0 spiro atoms. The maximum atomic E-state index is 13.5. The smallest absolute Gasteiger partial charge is 0.311 e. The number of methoxy groups -OCH3 is 1. The van der Waals surface area contributed by atoms with Crippen LogP contribution in [0.3, 0.4) is 0 Å². The van der Waals surface area contributed by atoms with E-state index >= 15 is 0 Å². The molecule has 36 heavy (non-hydrogen) atoms. The van der Waals surface area contributed by atoms with Crippen molar-refractivity contribution >= 4 is 45.1 Å². The first-order valence-corrected chi connectivity index (χ1v) is 12.3. The van der Waals surface area contributed by atoms with Gasteiger partial charge in [-0.3, -0.25) is 19.2 Å². The molecule has 0 atom stereocenters. The molecule has 10 nitrogen and oxygen atoms in total. The lowest BCUT2D eigenvalue weighted by Gasteiger charge is -2.25. The van der Waals surface area contributed by atoms with Gasteiger partial charge in [-0.2, -0.15) is 5.10 Å². The number of hydrogen-bond acceptors (Lipinski definition) is 7. The van der Waals surface area contributed by atoms with Crippen LogP contribution < -0.4 is 14.5 Å². The number of nitro groups is 1. The number of halogens is 1. The van der Waals surface area contributed by atoms with Crippen molar-refractivity contribution in [1.82, 2.24) is 5.43 Å². The Hall–Kier alpha value is -3.96. The Kier molecular flexibility index (Phi) is 8.28. The maximum Gasteiger partial charge on any atom is 0.311 e. The highest BCUT2D eigenvalue weighted by Gasteiger charge is 2.28. The molecule has 0 fully saturated rings. The fraction of sp³-hybridized carbons (Fsp3) is 0.167. The van der Waals surface area contributed by atoms with Crippen molar-refractivity contribution in [3.63, 3.8) is 0 Å². The number of carbonyl (C=O) groups excluding carboxylic acids is 1. The molecule has 0 saturated heterocycles. The molecule has 0 saturated carbocycles. The van der Waals surface area contributed by atoms with Crippen LogP contribution in [0.5, 0.6) is 5.75 Å². The van der Waals surface area contributed by atoms with Gasteiger partial charge in [0.1, 0.15) is 6.54 Å². The summed E-state index contributed by atoms with van der Waals surface area (Å²) in [5.74, 6) is -0.653. The first kappa shape index (κ1) is 26.6. The summed E-state index contributed by atoms with van der Waals surface area (Å²) in [7, 11) is -2.82. The molecule has 0 aliphatic heterocycles. The topological polar surface area (TPSA) is 131 Å². The molecule has 1 amide bonds. The SMILES string of the molecule is COc1ccc(/C=N\NC(=O)CN(c2cccc(Cl)c2C)S(=O)(=O)c2ccc(C)cc2)cc1[N+](=O)[O-]. The highest BCUT2D eigenvalue weighted by molar-refractivity contribution is 7.92. The maximum absolute atomic E-state index is 13.5. The van der Waals surface area contributed by atoms with Crippen molar-refractivity contribution in [2.75, 3.05) is 18.0 Å². The molecule has 188 valence electrons. The predicted octanol–water partition coefficient (Wildman–Crippen LogP) is 4.22. The first-order valence-electron chi connectivity index (χ1n) is 10.5. The van der Waals surface area contributed by atoms with Crippen molar-refractivity contribution < 1.29 is 22.9 Å². The van der Waals surface area contributed by atoms with Crippen LogP contribution in [0.25, 0.3) is 0 Å². The number of hydrogen-bond donors (Lipinski definition) is 1. The summed E-state index contributed by atoms with van der Waals surface area (Å²) in [6, 6.07) is 15.2. The fourth-order valence-electron chi connectivity index (χ4n) is 3.28. The fourth-order valence-corrected chi connectivity index (χ4v) is 4.93. The molecule has 3 aromatic carbocycles. The third-order valence-electron chi connectivity index (χ3n) is 5.21. The summed E-state index contributed by atoms with van der Waals surface area (Å²) in [4.78, 5) is 23.3. The third-order valence-corrected chi connectivity index (χ3v) is 7.39. The van der Waals surface area contributed by atoms with Crippen molar-refractivity contribution in [3.05, 3.63) is 92.5 Å².